The first-order chi connectivity index (χ1) is 11.6. The minimum absolute atomic E-state index is 0.158. The minimum atomic E-state index is -0.862. The van der Waals surface area contributed by atoms with E-state index in [2.05, 4.69) is 10.3 Å². The van der Waals surface area contributed by atoms with Gasteiger partial charge in [0.15, 0.2) is 0 Å². The second kappa shape index (κ2) is 6.78. The summed E-state index contributed by atoms with van der Waals surface area (Å²) in [6.45, 7) is 3.20. The molecule has 3 aromatic rings. The van der Waals surface area contributed by atoms with Crippen molar-refractivity contribution >= 4 is 16.9 Å². The SMILES string of the molecule is CCn1cc(CCNC(=O)c2ccc(F)cc2F)c2cccnc21. The molecule has 3 rings (SSSR count). The summed E-state index contributed by atoms with van der Waals surface area (Å²) >= 11 is 0. The molecule has 2 aromatic heterocycles. The van der Waals surface area contributed by atoms with Crippen LogP contribution >= 0.6 is 0 Å². The van der Waals surface area contributed by atoms with Crippen LogP contribution < -0.4 is 5.32 Å². The number of aryl methyl sites for hydroxylation is 1. The second-order valence-corrected chi connectivity index (χ2v) is 5.44. The summed E-state index contributed by atoms with van der Waals surface area (Å²) in [6.07, 6.45) is 4.36. The highest BCUT2D eigenvalue weighted by molar-refractivity contribution is 5.94. The molecule has 0 saturated carbocycles. The molecule has 124 valence electrons. The minimum Gasteiger partial charge on any atom is -0.352 e. The van der Waals surface area contributed by atoms with Gasteiger partial charge in [-0.15, -0.1) is 0 Å². The molecular formula is C18H17F2N3O. The summed E-state index contributed by atoms with van der Waals surface area (Å²) < 4.78 is 28.5. The fraction of sp³-hybridized carbons (Fsp3) is 0.222. The summed E-state index contributed by atoms with van der Waals surface area (Å²) in [7, 11) is 0. The van der Waals surface area contributed by atoms with Gasteiger partial charge in [0, 0.05) is 36.9 Å². The first kappa shape index (κ1) is 16.1. The van der Waals surface area contributed by atoms with E-state index in [0.29, 0.717) is 19.0 Å². The molecule has 0 aliphatic rings. The third-order valence-electron chi connectivity index (χ3n) is 3.91. The Balaban J connectivity index is 1.69. The van der Waals surface area contributed by atoms with E-state index in [1.807, 2.05) is 29.8 Å². The highest BCUT2D eigenvalue weighted by atomic mass is 19.1. The van der Waals surface area contributed by atoms with Crippen molar-refractivity contribution in [3.05, 3.63) is 65.5 Å². The first-order valence-corrected chi connectivity index (χ1v) is 7.76. The van der Waals surface area contributed by atoms with Crippen LogP contribution in [-0.2, 0) is 13.0 Å². The lowest BCUT2D eigenvalue weighted by Gasteiger charge is -2.06. The van der Waals surface area contributed by atoms with Gasteiger partial charge in [-0.2, -0.15) is 0 Å². The van der Waals surface area contributed by atoms with E-state index in [1.165, 1.54) is 0 Å². The molecule has 6 heteroatoms. The number of carbonyl (C=O) groups is 1. The summed E-state index contributed by atoms with van der Waals surface area (Å²) in [5, 5.41) is 3.71. The molecule has 4 nitrogen and oxygen atoms in total. The summed E-state index contributed by atoms with van der Waals surface area (Å²) in [6, 6.07) is 6.78. The Morgan fingerprint density at radius 3 is 2.88 bits per heavy atom. The smallest absolute Gasteiger partial charge is 0.254 e. The molecule has 0 unspecified atom stereocenters. The van der Waals surface area contributed by atoms with E-state index in [1.54, 1.807) is 6.20 Å². The van der Waals surface area contributed by atoms with Gasteiger partial charge in [-0.1, -0.05) is 0 Å². The van der Waals surface area contributed by atoms with Gasteiger partial charge >= 0.3 is 0 Å². The number of hydrogen-bond donors (Lipinski definition) is 1. The summed E-state index contributed by atoms with van der Waals surface area (Å²) in [5.74, 6) is -2.12. The maximum atomic E-state index is 13.6. The Hall–Kier alpha value is -2.76. The summed E-state index contributed by atoms with van der Waals surface area (Å²) in [5.41, 5.74) is 1.82. The number of benzene rings is 1. The fourth-order valence-corrected chi connectivity index (χ4v) is 2.72. The lowest BCUT2D eigenvalue weighted by molar-refractivity contribution is 0.0950. The van der Waals surface area contributed by atoms with Crippen molar-refractivity contribution in [2.24, 2.45) is 0 Å². The van der Waals surface area contributed by atoms with Gasteiger partial charge in [-0.3, -0.25) is 4.79 Å². The number of hydrogen-bond acceptors (Lipinski definition) is 2. The molecule has 24 heavy (non-hydrogen) atoms. The standard InChI is InChI=1S/C18H17F2N3O/c1-2-23-11-12(14-4-3-8-21-17(14)23)7-9-22-18(24)15-6-5-13(19)10-16(15)20/h3-6,8,10-11H,2,7,9H2,1H3,(H,22,24). The zero-order valence-electron chi connectivity index (χ0n) is 13.2. The van der Waals surface area contributed by atoms with Crippen LogP contribution in [0, 0.1) is 11.6 Å². The normalized spacial score (nSPS) is 11.0. The van der Waals surface area contributed by atoms with E-state index < -0.39 is 17.5 Å². The molecule has 0 radical (unpaired) electrons. The van der Waals surface area contributed by atoms with E-state index in [-0.39, 0.29) is 5.56 Å². The summed E-state index contributed by atoms with van der Waals surface area (Å²) in [4.78, 5) is 16.4. The molecule has 2 heterocycles. The Labute approximate surface area is 138 Å². The van der Waals surface area contributed by atoms with Gasteiger partial charge in [0.25, 0.3) is 5.91 Å². The van der Waals surface area contributed by atoms with Crippen molar-refractivity contribution < 1.29 is 13.6 Å². The number of amides is 1. The van der Waals surface area contributed by atoms with Crippen molar-refractivity contribution in [3.63, 3.8) is 0 Å². The predicted octanol–water partition coefficient (Wildman–Crippen LogP) is 3.31. The molecule has 1 N–H and O–H groups in total. The molecule has 1 amide bonds. The molecule has 0 atom stereocenters. The van der Waals surface area contributed by atoms with Gasteiger partial charge in [0.1, 0.15) is 17.3 Å². The molecule has 0 bridgehead atoms. The molecule has 1 aromatic carbocycles. The molecule has 0 saturated heterocycles. The number of aromatic nitrogens is 2. The number of halogens is 2. The second-order valence-electron chi connectivity index (χ2n) is 5.44. The highest BCUT2D eigenvalue weighted by Crippen LogP contribution is 2.19. The topological polar surface area (TPSA) is 46.9 Å². The van der Waals surface area contributed by atoms with Gasteiger partial charge in [0.2, 0.25) is 0 Å². The van der Waals surface area contributed by atoms with Crippen LogP contribution in [0.15, 0.2) is 42.7 Å². The van der Waals surface area contributed by atoms with Crippen LogP contribution in [0.25, 0.3) is 11.0 Å². The van der Waals surface area contributed by atoms with E-state index >= 15 is 0 Å². The Morgan fingerprint density at radius 1 is 1.29 bits per heavy atom. The maximum Gasteiger partial charge on any atom is 0.254 e. The Kier molecular flexibility index (Phi) is 4.55. The predicted molar refractivity (Wildman–Crippen MR) is 87.8 cm³/mol. The number of nitrogens with one attached hydrogen (secondary N) is 1. The van der Waals surface area contributed by atoms with Gasteiger partial charge in [-0.05, 0) is 43.2 Å². The van der Waals surface area contributed by atoms with Crippen LogP contribution in [0.4, 0.5) is 8.78 Å². The number of nitrogens with zero attached hydrogens (tertiary/aromatic N) is 2. The van der Waals surface area contributed by atoms with Crippen molar-refractivity contribution in [2.45, 2.75) is 19.9 Å². The lowest BCUT2D eigenvalue weighted by atomic mass is 10.1. The molecular weight excluding hydrogens is 312 g/mol. The zero-order chi connectivity index (χ0) is 17.1. The maximum absolute atomic E-state index is 13.6. The zero-order valence-corrected chi connectivity index (χ0v) is 13.2. The third kappa shape index (κ3) is 3.13. The van der Waals surface area contributed by atoms with Gasteiger partial charge in [0.05, 0.1) is 5.56 Å². The lowest BCUT2D eigenvalue weighted by Crippen LogP contribution is -2.26. The number of carbonyl (C=O) groups excluding carboxylic acids is 1. The van der Waals surface area contributed by atoms with Gasteiger partial charge < -0.3 is 9.88 Å². The average Bonchev–Trinajstić information content (AvgIpc) is 2.93. The van der Waals surface area contributed by atoms with E-state index in [9.17, 15) is 13.6 Å². The quantitative estimate of drug-likeness (QED) is 0.781. The van der Waals surface area contributed by atoms with Crippen LogP contribution in [-0.4, -0.2) is 22.0 Å². The number of rotatable bonds is 5. The monoisotopic (exact) mass is 329 g/mol. The van der Waals surface area contributed by atoms with Crippen molar-refractivity contribution in [1.82, 2.24) is 14.9 Å². The molecule has 0 spiro atoms. The van der Waals surface area contributed by atoms with Crippen molar-refractivity contribution in [2.75, 3.05) is 6.54 Å². The molecule has 0 fully saturated rings. The first-order valence-electron chi connectivity index (χ1n) is 7.76. The Morgan fingerprint density at radius 2 is 2.12 bits per heavy atom. The van der Waals surface area contributed by atoms with Crippen molar-refractivity contribution in [3.8, 4) is 0 Å². The number of fused-ring (bicyclic) bond motifs is 1. The van der Waals surface area contributed by atoms with E-state index in [4.69, 9.17) is 0 Å². The van der Waals surface area contributed by atoms with Crippen LogP contribution in [0.3, 0.4) is 0 Å². The third-order valence-corrected chi connectivity index (χ3v) is 3.91. The number of pyridine rings is 1. The van der Waals surface area contributed by atoms with Crippen LogP contribution in [0.1, 0.15) is 22.8 Å². The average molecular weight is 329 g/mol. The highest BCUT2D eigenvalue weighted by Gasteiger charge is 2.13. The fourth-order valence-electron chi connectivity index (χ4n) is 2.72. The Bertz CT molecular complexity index is 889. The largest absolute Gasteiger partial charge is 0.352 e. The molecule has 0 aliphatic carbocycles. The van der Waals surface area contributed by atoms with E-state index in [0.717, 1.165) is 35.3 Å². The van der Waals surface area contributed by atoms with Crippen molar-refractivity contribution in [1.29, 1.82) is 0 Å². The van der Waals surface area contributed by atoms with Crippen LogP contribution in [0.5, 0.6) is 0 Å². The van der Waals surface area contributed by atoms with Crippen LogP contribution in [0.2, 0.25) is 0 Å². The molecule has 0 aliphatic heterocycles. The van der Waals surface area contributed by atoms with Gasteiger partial charge in [-0.25, -0.2) is 13.8 Å².